The van der Waals surface area contributed by atoms with Crippen LogP contribution in [0.3, 0.4) is 0 Å². The van der Waals surface area contributed by atoms with Crippen molar-refractivity contribution in [3.8, 4) is 11.1 Å². The van der Waals surface area contributed by atoms with Gasteiger partial charge in [0.1, 0.15) is 0 Å². The minimum atomic E-state index is -0.00260. The Morgan fingerprint density at radius 3 is 2.61 bits per heavy atom. The first kappa shape index (κ1) is 18.6. The molecule has 1 heterocycles. The summed E-state index contributed by atoms with van der Waals surface area (Å²) in [6, 6.07) is 22.0. The van der Waals surface area contributed by atoms with E-state index in [-0.39, 0.29) is 23.1 Å². The molecule has 152 valence electrons. The molecule has 0 atom stereocenters. The summed E-state index contributed by atoms with van der Waals surface area (Å²) < 4.78 is 1.79. The van der Waals surface area contributed by atoms with Crippen molar-refractivity contribution < 1.29 is 4.79 Å². The van der Waals surface area contributed by atoms with E-state index in [1.54, 1.807) is 4.57 Å². The maximum Gasteiger partial charge on any atom is 0.262 e. The van der Waals surface area contributed by atoms with Gasteiger partial charge in [0.15, 0.2) is 10.9 Å². The third-order valence-electron chi connectivity index (χ3n) is 6.14. The first-order chi connectivity index (χ1) is 15.2. The zero-order valence-corrected chi connectivity index (χ0v) is 17.7. The van der Waals surface area contributed by atoms with Gasteiger partial charge in [-0.15, -0.1) is 0 Å². The third kappa shape index (κ3) is 3.20. The van der Waals surface area contributed by atoms with Gasteiger partial charge in [-0.2, -0.15) is 0 Å². The van der Waals surface area contributed by atoms with E-state index in [0.29, 0.717) is 21.6 Å². The van der Waals surface area contributed by atoms with Crippen molar-refractivity contribution in [3.63, 3.8) is 0 Å². The van der Waals surface area contributed by atoms with Crippen LogP contribution in [0.1, 0.15) is 40.4 Å². The lowest BCUT2D eigenvalue weighted by atomic mass is 10.0. The molecule has 1 saturated carbocycles. The summed E-state index contributed by atoms with van der Waals surface area (Å²) in [6.45, 7) is 0. The number of fused-ring (bicyclic) bond motifs is 4. The van der Waals surface area contributed by atoms with Crippen LogP contribution in [0.5, 0.6) is 0 Å². The van der Waals surface area contributed by atoms with Crippen LogP contribution in [0.2, 0.25) is 0 Å². The molecule has 0 saturated heterocycles. The Balaban J connectivity index is 1.30. The highest BCUT2D eigenvalue weighted by Gasteiger charge is 2.29. The van der Waals surface area contributed by atoms with Gasteiger partial charge in [0, 0.05) is 11.6 Å². The summed E-state index contributed by atoms with van der Waals surface area (Å²) >= 11 is 1.37. The maximum absolute atomic E-state index is 13.0. The number of carbonyl (C=O) groups excluding carboxylic acids is 1. The molecule has 3 aromatic carbocycles. The lowest BCUT2D eigenvalue weighted by Gasteiger charge is -2.12. The number of rotatable bonds is 5. The van der Waals surface area contributed by atoms with Gasteiger partial charge in [0.05, 0.1) is 16.7 Å². The van der Waals surface area contributed by atoms with Gasteiger partial charge in [-0.3, -0.25) is 14.2 Å². The second-order valence-electron chi connectivity index (χ2n) is 8.24. The zero-order valence-electron chi connectivity index (χ0n) is 16.9. The molecule has 0 bridgehead atoms. The Morgan fingerprint density at radius 1 is 0.968 bits per heavy atom. The van der Waals surface area contributed by atoms with Crippen LogP contribution in [0, 0.1) is 0 Å². The monoisotopic (exact) mass is 424 g/mol. The van der Waals surface area contributed by atoms with Gasteiger partial charge in [0.2, 0.25) is 0 Å². The number of nitrogens with zero attached hydrogens (tertiary/aromatic N) is 2. The van der Waals surface area contributed by atoms with Crippen LogP contribution in [-0.4, -0.2) is 21.1 Å². The summed E-state index contributed by atoms with van der Waals surface area (Å²) in [7, 11) is 0. The lowest BCUT2D eigenvalue weighted by molar-refractivity contribution is 0.102. The fraction of sp³-hybridized carbons (Fsp3) is 0.192. The van der Waals surface area contributed by atoms with E-state index in [2.05, 4.69) is 24.3 Å². The summed E-state index contributed by atoms with van der Waals surface area (Å²) in [4.78, 5) is 30.8. The van der Waals surface area contributed by atoms with E-state index >= 15 is 0 Å². The molecule has 1 fully saturated rings. The van der Waals surface area contributed by atoms with E-state index in [0.717, 1.165) is 24.8 Å². The van der Waals surface area contributed by atoms with Crippen molar-refractivity contribution in [2.45, 2.75) is 30.5 Å². The standard InChI is InChI=1S/C26H20N2O2S/c29-24(18-10-9-17-13-16-5-1-2-6-20(16)22(17)14-18)15-31-26-27-23-8-4-3-7-21(23)25(30)28(26)19-11-12-19/h1-10,14,19H,11-13,15H2. The smallest absolute Gasteiger partial charge is 0.262 e. The van der Waals surface area contributed by atoms with Crippen molar-refractivity contribution in [2.24, 2.45) is 0 Å². The number of Topliss-reactive ketones (excluding diaryl/α,β-unsaturated/α-hetero) is 1. The largest absolute Gasteiger partial charge is 0.293 e. The molecular weight excluding hydrogens is 404 g/mol. The molecule has 1 aromatic heterocycles. The highest BCUT2D eigenvalue weighted by molar-refractivity contribution is 7.99. The molecule has 31 heavy (non-hydrogen) atoms. The van der Waals surface area contributed by atoms with Gasteiger partial charge < -0.3 is 0 Å². The van der Waals surface area contributed by atoms with Gasteiger partial charge in [-0.1, -0.05) is 60.3 Å². The SMILES string of the molecule is O=C(CSc1nc2ccccc2c(=O)n1C1CC1)c1ccc2c(c1)-c1ccccc1C2. The van der Waals surface area contributed by atoms with Gasteiger partial charge >= 0.3 is 0 Å². The molecule has 4 nitrogen and oxygen atoms in total. The van der Waals surface area contributed by atoms with Crippen LogP contribution < -0.4 is 5.56 Å². The third-order valence-corrected chi connectivity index (χ3v) is 7.09. The molecule has 2 aliphatic rings. The van der Waals surface area contributed by atoms with Crippen molar-refractivity contribution in [1.29, 1.82) is 0 Å². The molecule has 0 unspecified atom stereocenters. The Kier molecular flexibility index (Phi) is 4.32. The molecule has 0 spiro atoms. The number of hydrogen-bond acceptors (Lipinski definition) is 4. The summed E-state index contributed by atoms with van der Waals surface area (Å²) in [6.07, 6.45) is 2.90. The quantitative estimate of drug-likeness (QED) is 0.219. The highest BCUT2D eigenvalue weighted by atomic mass is 32.2. The average Bonchev–Trinajstić information content (AvgIpc) is 3.56. The summed E-state index contributed by atoms with van der Waals surface area (Å²) in [5, 5.41) is 1.29. The minimum Gasteiger partial charge on any atom is -0.293 e. The van der Waals surface area contributed by atoms with E-state index in [4.69, 9.17) is 4.98 Å². The molecule has 4 aromatic rings. The van der Waals surface area contributed by atoms with Gasteiger partial charge in [-0.25, -0.2) is 4.98 Å². The van der Waals surface area contributed by atoms with E-state index in [1.165, 1.54) is 28.5 Å². The molecular formula is C26H20N2O2S. The fourth-order valence-electron chi connectivity index (χ4n) is 4.39. The number of benzene rings is 3. The van der Waals surface area contributed by atoms with E-state index < -0.39 is 0 Å². The maximum atomic E-state index is 13.0. The highest BCUT2D eigenvalue weighted by Crippen LogP contribution is 2.38. The number of hydrogen-bond donors (Lipinski definition) is 0. The summed E-state index contributed by atoms with van der Waals surface area (Å²) in [5.41, 5.74) is 6.35. The first-order valence-corrected chi connectivity index (χ1v) is 11.6. The average molecular weight is 425 g/mol. The molecule has 0 radical (unpaired) electrons. The van der Waals surface area contributed by atoms with Crippen molar-refractivity contribution >= 4 is 28.4 Å². The van der Waals surface area contributed by atoms with Crippen molar-refractivity contribution in [2.75, 3.05) is 5.75 Å². The minimum absolute atomic E-state index is 0.00260. The molecule has 5 heteroatoms. The number of aromatic nitrogens is 2. The molecule has 6 rings (SSSR count). The van der Waals surface area contributed by atoms with Crippen LogP contribution >= 0.6 is 11.8 Å². The molecule has 0 N–H and O–H groups in total. The number of ketones is 1. The van der Waals surface area contributed by atoms with E-state index in [1.807, 2.05) is 42.5 Å². The fourth-order valence-corrected chi connectivity index (χ4v) is 5.35. The Bertz CT molecular complexity index is 1420. The van der Waals surface area contributed by atoms with Gasteiger partial charge in [-0.05, 0) is 59.7 Å². The lowest BCUT2D eigenvalue weighted by Crippen LogP contribution is -2.22. The number of para-hydroxylation sites is 1. The summed E-state index contributed by atoms with van der Waals surface area (Å²) in [5.74, 6) is 0.319. The topological polar surface area (TPSA) is 52.0 Å². The first-order valence-electron chi connectivity index (χ1n) is 10.6. The molecule has 0 aliphatic heterocycles. The second kappa shape index (κ2) is 7.20. The normalized spacial score (nSPS) is 14.5. The second-order valence-corrected chi connectivity index (χ2v) is 9.18. The Hall–Kier alpha value is -3.18. The van der Waals surface area contributed by atoms with Crippen LogP contribution in [0.15, 0.2) is 76.7 Å². The van der Waals surface area contributed by atoms with Crippen LogP contribution in [0.4, 0.5) is 0 Å². The van der Waals surface area contributed by atoms with Crippen molar-refractivity contribution in [3.05, 3.63) is 93.8 Å². The van der Waals surface area contributed by atoms with Gasteiger partial charge in [0.25, 0.3) is 5.56 Å². The molecule has 0 amide bonds. The van der Waals surface area contributed by atoms with Crippen LogP contribution in [-0.2, 0) is 6.42 Å². The molecule has 2 aliphatic carbocycles. The van der Waals surface area contributed by atoms with Crippen molar-refractivity contribution in [1.82, 2.24) is 9.55 Å². The predicted molar refractivity (Wildman–Crippen MR) is 124 cm³/mol. The zero-order chi connectivity index (χ0) is 20.9. The predicted octanol–water partition coefficient (Wildman–Crippen LogP) is 5.28. The number of thioether (sulfide) groups is 1. The Labute approximate surface area is 184 Å². The van der Waals surface area contributed by atoms with Crippen LogP contribution in [0.25, 0.3) is 22.0 Å². The van der Waals surface area contributed by atoms with E-state index in [9.17, 15) is 9.59 Å². The number of carbonyl (C=O) groups is 1. The Morgan fingerprint density at radius 2 is 1.74 bits per heavy atom.